The van der Waals surface area contributed by atoms with Crippen LogP contribution in [0.3, 0.4) is 0 Å². The van der Waals surface area contributed by atoms with Gasteiger partial charge in [-0.25, -0.2) is 4.79 Å². The Balaban J connectivity index is 1.35. The number of halogens is 1. The van der Waals surface area contributed by atoms with E-state index in [0.717, 1.165) is 32.1 Å². The SMILES string of the molecule is O=C(NC12CC3CC(C1)CC(NC(=O)N1CC=CC=C1Cl)(C3)C2)c1ccccn1. The molecule has 7 heteroatoms. The van der Waals surface area contributed by atoms with Crippen molar-refractivity contribution in [3.8, 4) is 0 Å². The van der Waals surface area contributed by atoms with Gasteiger partial charge in [0, 0.05) is 23.8 Å². The van der Waals surface area contributed by atoms with Crippen LogP contribution < -0.4 is 10.6 Å². The summed E-state index contributed by atoms with van der Waals surface area (Å²) in [5, 5.41) is 7.07. The molecule has 2 heterocycles. The van der Waals surface area contributed by atoms with Crippen molar-refractivity contribution in [2.24, 2.45) is 11.8 Å². The van der Waals surface area contributed by atoms with Gasteiger partial charge in [-0.3, -0.25) is 14.7 Å². The Bertz CT molecular complexity index is 883. The van der Waals surface area contributed by atoms with Crippen LogP contribution in [-0.4, -0.2) is 39.4 Å². The molecule has 6 nitrogen and oxygen atoms in total. The van der Waals surface area contributed by atoms with E-state index in [1.165, 1.54) is 6.42 Å². The average Bonchev–Trinajstić information content (AvgIpc) is 2.67. The van der Waals surface area contributed by atoms with E-state index >= 15 is 0 Å². The van der Waals surface area contributed by atoms with Gasteiger partial charge in [-0.05, 0) is 68.6 Å². The molecule has 4 saturated carbocycles. The molecule has 1 aromatic rings. The standard InChI is InChI=1S/C22H25ClN4O2/c23-18-6-2-4-8-27(18)20(29)26-22-12-15-9-16(13-22)11-21(10-15,14-22)25-19(28)17-5-1-3-7-24-17/h1-7,15-16H,8-14H2,(H,25,28)(H,26,29). The van der Waals surface area contributed by atoms with Gasteiger partial charge in [-0.2, -0.15) is 0 Å². The lowest BCUT2D eigenvalue weighted by atomic mass is 9.50. The normalized spacial score (nSPS) is 34.7. The van der Waals surface area contributed by atoms with Crippen molar-refractivity contribution in [3.63, 3.8) is 0 Å². The third-order valence-electron chi connectivity index (χ3n) is 6.87. The van der Waals surface area contributed by atoms with Crippen LogP contribution in [0.5, 0.6) is 0 Å². The molecule has 3 amide bonds. The Morgan fingerprint density at radius 1 is 1.10 bits per heavy atom. The topological polar surface area (TPSA) is 74.3 Å². The minimum absolute atomic E-state index is 0.124. The summed E-state index contributed by atoms with van der Waals surface area (Å²) in [4.78, 5) is 31.6. The first-order valence-electron chi connectivity index (χ1n) is 10.3. The Morgan fingerprint density at radius 3 is 2.48 bits per heavy atom. The smallest absolute Gasteiger partial charge is 0.323 e. The van der Waals surface area contributed by atoms with Crippen LogP contribution in [0.25, 0.3) is 0 Å². The molecule has 6 rings (SSSR count). The Kier molecular flexibility index (Phi) is 4.42. The predicted octanol–water partition coefficient (Wildman–Crippen LogP) is 3.56. The second kappa shape index (κ2) is 6.87. The monoisotopic (exact) mass is 412 g/mol. The number of rotatable bonds is 3. The molecule has 2 N–H and O–H groups in total. The van der Waals surface area contributed by atoms with Crippen LogP contribution in [0.15, 0.2) is 47.8 Å². The molecule has 0 radical (unpaired) electrons. The quantitative estimate of drug-likeness (QED) is 0.745. The number of carbonyl (C=O) groups excluding carboxylic acids is 2. The molecule has 4 bridgehead atoms. The molecule has 0 aromatic carbocycles. The number of nitrogens with one attached hydrogen (secondary N) is 2. The second-order valence-electron chi connectivity index (χ2n) is 9.15. The summed E-state index contributed by atoms with van der Waals surface area (Å²) in [5.74, 6) is 0.918. The van der Waals surface area contributed by atoms with Crippen molar-refractivity contribution < 1.29 is 9.59 Å². The van der Waals surface area contributed by atoms with Crippen molar-refractivity contribution >= 4 is 23.5 Å². The number of aromatic nitrogens is 1. The van der Waals surface area contributed by atoms with Crippen molar-refractivity contribution in [3.05, 3.63) is 53.5 Å². The van der Waals surface area contributed by atoms with Crippen LogP contribution in [-0.2, 0) is 0 Å². The van der Waals surface area contributed by atoms with Crippen LogP contribution in [0.1, 0.15) is 49.0 Å². The molecule has 29 heavy (non-hydrogen) atoms. The highest BCUT2D eigenvalue weighted by Crippen LogP contribution is 2.57. The molecule has 2 atom stereocenters. The van der Waals surface area contributed by atoms with E-state index in [1.54, 1.807) is 29.3 Å². The van der Waals surface area contributed by atoms with Gasteiger partial charge in [0.15, 0.2) is 0 Å². The lowest BCUT2D eigenvalue weighted by Crippen LogP contribution is -2.70. The number of nitrogens with zero attached hydrogens (tertiary/aromatic N) is 2. The van der Waals surface area contributed by atoms with Crippen molar-refractivity contribution in [1.29, 1.82) is 0 Å². The van der Waals surface area contributed by atoms with E-state index in [-0.39, 0.29) is 23.0 Å². The summed E-state index contributed by atoms with van der Waals surface area (Å²) >= 11 is 6.24. The molecule has 1 aromatic heterocycles. The third kappa shape index (κ3) is 3.44. The molecule has 4 fully saturated rings. The van der Waals surface area contributed by atoms with E-state index in [2.05, 4.69) is 15.6 Å². The highest BCUT2D eigenvalue weighted by Gasteiger charge is 2.59. The molecule has 0 saturated heterocycles. The van der Waals surface area contributed by atoms with Gasteiger partial charge in [0.05, 0.1) is 0 Å². The molecule has 5 aliphatic rings. The summed E-state index contributed by atoms with van der Waals surface area (Å²) in [5.41, 5.74) is -0.108. The van der Waals surface area contributed by atoms with Gasteiger partial charge in [0.2, 0.25) is 0 Å². The fourth-order valence-corrected chi connectivity index (χ4v) is 6.54. The number of hydrogen-bond donors (Lipinski definition) is 2. The number of carbonyl (C=O) groups is 2. The fraction of sp³-hybridized carbons (Fsp3) is 0.500. The van der Waals surface area contributed by atoms with Gasteiger partial charge in [-0.1, -0.05) is 29.8 Å². The second-order valence-corrected chi connectivity index (χ2v) is 9.54. The minimum atomic E-state index is -0.281. The van der Waals surface area contributed by atoms with Crippen molar-refractivity contribution in [2.45, 2.75) is 49.6 Å². The summed E-state index contributed by atoms with van der Waals surface area (Å²) in [7, 11) is 0. The minimum Gasteiger partial charge on any atom is -0.345 e. The van der Waals surface area contributed by atoms with Crippen molar-refractivity contribution in [2.75, 3.05) is 6.54 Å². The van der Waals surface area contributed by atoms with Gasteiger partial charge in [0.1, 0.15) is 10.9 Å². The zero-order valence-electron chi connectivity index (χ0n) is 16.2. The van der Waals surface area contributed by atoms with Gasteiger partial charge in [0.25, 0.3) is 5.91 Å². The van der Waals surface area contributed by atoms with Gasteiger partial charge < -0.3 is 10.6 Å². The maximum atomic E-state index is 13.0. The molecular formula is C22H25ClN4O2. The van der Waals surface area contributed by atoms with E-state index < -0.39 is 0 Å². The lowest BCUT2D eigenvalue weighted by molar-refractivity contribution is -0.0441. The highest BCUT2D eigenvalue weighted by molar-refractivity contribution is 6.30. The van der Waals surface area contributed by atoms with Crippen molar-refractivity contribution in [1.82, 2.24) is 20.5 Å². The molecule has 0 spiro atoms. The predicted molar refractivity (Wildman–Crippen MR) is 110 cm³/mol. The van der Waals surface area contributed by atoms with Gasteiger partial charge in [-0.15, -0.1) is 0 Å². The van der Waals surface area contributed by atoms with Crippen LogP contribution >= 0.6 is 11.6 Å². The van der Waals surface area contributed by atoms with E-state index in [0.29, 0.717) is 29.2 Å². The van der Waals surface area contributed by atoms with E-state index in [9.17, 15) is 9.59 Å². The Morgan fingerprint density at radius 2 is 1.83 bits per heavy atom. The summed E-state index contributed by atoms with van der Waals surface area (Å²) < 4.78 is 0. The molecule has 2 unspecified atom stereocenters. The zero-order valence-corrected chi connectivity index (χ0v) is 17.0. The number of amides is 3. The number of allylic oxidation sites excluding steroid dienone is 2. The van der Waals surface area contributed by atoms with Crippen LogP contribution in [0, 0.1) is 11.8 Å². The molecular weight excluding hydrogens is 388 g/mol. The number of pyridine rings is 1. The summed E-state index contributed by atoms with van der Waals surface area (Å²) in [6.45, 7) is 0.478. The molecule has 1 aliphatic heterocycles. The maximum Gasteiger partial charge on any atom is 0.323 e. The van der Waals surface area contributed by atoms with E-state index in [4.69, 9.17) is 11.6 Å². The first-order chi connectivity index (χ1) is 14.0. The van der Waals surface area contributed by atoms with E-state index in [1.807, 2.05) is 18.2 Å². The maximum absolute atomic E-state index is 13.0. The number of hydrogen-bond acceptors (Lipinski definition) is 3. The lowest BCUT2D eigenvalue weighted by Gasteiger charge is -2.62. The number of urea groups is 1. The first-order valence-corrected chi connectivity index (χ1v) is 10.7. The van der Waals surface area contributed by atoms with Gasteiger partial charge >= 0.3 is 6.03 Å². The average molecular weight is 413 g/mol. The Labute approximate surface area is 175 Å². The highest BCUT2D eigenvalue weighted by atomic mass is 35.5. The molecule has 4 aliphatic carbocycles. The third-order valence-corrected chi connectivity index (χ3v) is 7.20. The fourth-order valence-electron chi connectivity index (χ4n) is 6.32. The Hall–Kier alpha value is -2.34. The summed E-state index contributed by atoms with van der Waals surface area (Å²) in [6, 6.07) is 5.23. The van der Waals surface area contributed by atoms with Crippen LogP contribution in [0.4, 0.5) is 4.79 Å². The largest absolute Gasteiger partial charge is 0.345 e. The summed E-state index contributed by atoms with van der Waals surface area (Å²) in [6.07, 6.45) is 13.0. The molecule has 152 valence electrons. The van der Waals surface area contributed by atoms with Crippen LogP contribution in [0.2, 0.25) is 0 Å². The zero-order chi connectivity index (χ0) is 20.1. The first kappa shape index (κ1) is 18.7.